The average Bonchev–Trinajstić information content (AvgIpc) is 2.95. The molecule has 1 heteroatoms. The molecule has 0 N–H and O–H groups in total. The summed E-state index contributed by atoms with van der Waals surface area (Å²) in [6.45, 7) is 18.5. The number of hydrogen-bond donors (Lipinski definition) is 0. The van der Waals surface area contributed by atoms with Crippen LogP contribution in [0.25, 0.3) is 0 Å². The second kappa shape index (κ2) is 8.05. The average molecular weight is 437 g/mol. The van der Waals surface area contributed by atoms with Gasteiger partial charge in [-0.3, -0.25) is 0 Å². The fraction of sp³-hybridized carbons (Fsp3) is 0.290. The Bertz CT molecular complexity index is 1190. The third kappa shape index (κ3) is 3.18. The summed E-state index contributed by atoms with van der Waals surface area (Å²) in [5.74, 6) is 0. The summed E-state index contributed by atoms with van der Waals surface area (Å²) in [6, 6.07) is 25.7. The minimum atomic E-state index is -2.53. The zero-order valence-electron chi connectivity index (χ0n) is 20.9. The van der Waals surface area contributed by atoms with E-state index in [2.05, 4.69) is 128 Å². The van der Waals surface area contributed by atoms with Crippen LogP contribution in [0.3, 0.4) is 0 Å². The van der Waals surface area contributed by atoms with Crippen molar-refractivity contribution in [1.29, 1.82) is 0 Å². The first-order valence-corrected chi connectivity index (χ1v) is 13.7. The van der Waals surface area contributed by atoms with Crippen molar-refractivity contribution in [2.75, 3.05) is 0 Å². The van der Waals surface area contributed by atoms with E-state index in [1.54, 1.807) is 0 Å². The number of aryl methyl sites for hydroxylation is 4. The molecule has 164 valence electrons. The van der Waals surface area contributed by atoms with Gasteiger partial charge >= 0.3 is 0 Å². The molecule has 0 nitrogen and oxygen atoms in total. The molecule has 0 spiro atoms. The first-order valence-electron chi connectivity index (χ1n) is 11.7. The van der Waals surface area contributed by atoms with Gasteiger partial charge in [0.1, 0.15) is 0 Å². The molecule has 0 aromatic heterocycles. The number of allylic oxidation sites excluding steroid dienone is 4. The van der Waals surface area contributed by atoms with Gasteiger partial charge in [0.15, 0.2) is 8.07 Å². The first-order chi connectivity index (χ1) is 15.1. The molecule has 0 saturated carbocycles. The van der Waals surface area contributed by atoms with Gasteiger partial charge in [-0.2, -0.15) is 0 Å². The molecule has 0 fully saturated rings. The highest BCUT2D eigenvalue weighted by molar-refractivity contribution is 7.14. The van der Waals surface area contributed by atoms with Crippen LogP contribution < -0.4 is 15.6 Å². The Morgan fingerprint density at radius 1 is 0.625 bits per heavy atom. The Morgan fingerprint density at radius 3 is 1.53 bits per heavy atom. The molecular formula is C31H36Si. The lowest BCUT2D eigenvalue weighted by Crippen LogP contribution is -2.74. The molecule has 0 amide bonds. The SMILES string of the molecule is CC1=CC(C)([Si](c2ccccc2)(c2ccc(C)cc2C)c2ccc(C)cc2C)C(C)=C1C. The van der Waals surface area contributed by atoms with Crippen LogP contribution >= 0.6 is 0 Å². The van der Waals surface area contributed by atoms with Gasteiger partial charge in [0, 0.05) is 5.04 Å². The monoisotopic (exact) mass is 436 g/mol. The van der Waals surface area contributed by atoms with Crippen molar-refractivity contribution in [3.63, 3.8) is 0 Å². The van der Waals surface area contributed by atoms with E-state index in [1.165, 1.54) is 54.5 Å². The molecule has 1 unspecified atom stereocenters. The molecule has 32 heavy (non-hydrogen) atoms. The van der Waals surface area contributed by atoms with Crippen LogP contribution in [0.4, 0.5) is 0 Å². The molecule has 3 aromatic carbocycles. The molecule has 1 aliphatic rings. The molecule has 1 atom stereocenters. The lowest BCUT2D eigenvalue weighted by Gasteiger charge is -2.48. The van der Waals surface area contributed by atoms with Crippen LogP contribution in [0.2, 0.25) is 5.04 Å². The second-order valence-electron chi connectivity index (χ2n) is 10.0. The topological polar surface area (TPSA) is 0 Å². The van der Waals surface area contributed by atoms with Crippen molar-refractivity contribution < 1.29 is 0 Å². The fourth-order valence-corrected chi connectivity index (χ4v) is 12.7. The molecule has 0 aliphatic heterocycles. The van der Waals surface area contributed by atoms with E-state index < -0.39 is 8.07 Å². The Balaban J connectivity index is 2.27. The fourth-order valence-electron chi connectivity index (χ4n) is 6.20. The van der Waals surface area contributed by atoms with Gasteiger partial charge in [-0.15, -0.1) is 0 Å². The van der Waals surface area contributed by atoms with Gasteiger partial charge in [-0.1, -0.05) is 113 Å². The number of hydrogen-bond acceptors (Lipinski definition) is 0. The van der Waals surface area contributed by atoms with Gasteiger partial charge in [0.05, 0.1) is 0 Å². The molecule has 0 saturated heterocycles. The smallest absolute Gasteiger partial charge is 0.0730 e. The van der Waals surface area contributed by atoms with Crippen molar-refractivity contribution in [1.82, 2.24) is 0 Å². The zero-order chi connectivity index (χ0) is 23.3. The van der Waals surface area contributed by atoms with E-state index in [-0.39, 0.29) is 5.04 Å². The summed E-state index contributed by atoms with van der Waals surface area (Å²) in [5.41, 5.74) is 9.87. The van der Waals surface area contributed by atoms with E-state index in [0.717, 1.165) is 0 Å². The van der Waals surface area contributed by atoms with Crippen molar-refractivity contribution in [3.8, 4) is 0 Å². The minimum absolute atomic E-state index is 0.0530. The molecular weight excluding hydrogens is 400 g/mol. The van der Waals surface area contributed by atoms with Gasteiger partial charge in [-0.05, 0) is 69.6 Å². The maximum atomic E-state index is 2.59. The lowest BCUT2D eigenvalue weighted by atomic mass is 10.0. The molecule has 0 radical (unpaired) electrons. The quantitative estimate of drug-likeness (QED) is 0.326. The highest BCUT2D eigenvalue weighted by Gasteiger charge is 2.56. The van der Waals surface area contributed by atoms with Crippen LogP contribution in [0.15, 0.2) is 89.5 Å². The maximum Gasteiger partial charge on any atom is 0.162 e. The van der Waals surface area contributed by atoms with E-state index in [4.69, 9.17) is 0 Å². The molecule has 0 heterocycles. The summed E-state index contributed by atoms with van der Waals surface area (Å²) in [7, 11) is -2.53. The normalized spacial score (nSPS) is 18.8. The van der Waals surface area contributed by atoms with Gasteiger partial charge in [0.2, 0.25) is 0 Å². The highest BCUT2D eigenvalue weighted by Crippen LogP contribution is 2.53. The molecule has 4 rings (SSSR count). The minimum Gasteiger partial charge on any atom is -0.0730 e. The Hall–Kier alpha value is -2.64. The Labute approximate surface area is 195 Å². The molecule has 3 aromatic rings. The van der Waals surface area contributed by atoms with Crippen LogP contribution in [0, 0.1) is 27.7 Å². The maximum absolute atomic E-state index is 2.59. The van der Waals surface area contributed by atoms with Gasteiger partial charge < -0.3 is 0 Å². The lowest BCUT2D eigenvalue weighted by molar-refractivity contribution is 0.869. The summed E-state index contributed by atoms with van der Waals surface area (Å²) < 4.78 is 0. The van der Waals surface area contributed by atoms with Crippen LogP contribution in [0.1, 0.15) is 49.9 Å². The Morgan fingerprint density at radius 2 is 1.12 bits per heavy atom. The largest absolute Gasteiger partial charge is 0.162 e. The van der Waals surface area contributed by atoms with E-state index in [1.807, 2.05) is 0 Å². The summed E-state index contributed by atoms with van der Waals surface area (Å²) in [6.07, 6.45) is 2.59. The van der Waals surface area contributed by atoms with Gasteiger partial charge in [0.25, 0.3) is 0 Å². The van der Waals surface area contributed by atoms with Crippen molar-refractivity contribution in [2.45, 2.75) is 60.4 Å². The summed E-state index contributed by atoms with van der Waals surface area (Å²) >= 11 is 0. The summed E-state index contributed by atoms with van der Waals surface area (Å²) in [5, 5.41) is 4.49. The highest BCUT2D eigenvalue weighted by atomic mass is 28.3. The van der Waals surface area contributed by atoms with Crippen LogP contribution in [-0.2, 0) is 0 Å². The third-order valence-electron chi connectivity index (χ3n) is 8.00. The standard InChI is InChI=1S/C31H36Si/c1-21-14-16-29(23(3)18-21)32(28-12-10-9-11-13-28,30-17-15-22(2)19-24(30)4)31(8)20-25(5)26(6)27(31)7/h9-20H,1-8H3. The predicted molar refractivity (Wildman–Crippen MR) is 143 cm³/mol. The van der Waals surface area contributed by atoms with E-state index in [0.29, 0.717) is 0 Å². The van der Waals surface area contributed by atoms with E-state index in [9.17, 15) is 0 Å². The van der Waals surface area contributed by atoms with Crippen LogP contribution in [0.5, 0.6) is 0 Å². The van der Waals surface area contributed by atoms with Crippen LogP contribution in [-0.4, -0.2) is 8.07 Å². The third-order valence-corrected chi connectivity index (χ3v) is 14.0. The van der Waals surface area contributed by atoms with E-state index >= 15 is 0 Å². The zero-order valence-corrected chi connectivity index (χ0v) is 21.9. The number of benzene rings is 3. The molecule has 1 aliphatic carbocycles. The molecule has 0 bridgehead atoms. The van der Waals surface area contributed by atoms with Gasteiger partial charge in [-0.25, -0.2) is 0 Å². The Kier molecular flexibility index (Phi) is 5.67. The van der Waals surface area contributed by atoms with Crippen molar-refractivity contribution in [3.05, 3.63) is 112 Å². The number of rotatable bonds is 4. The predicted octanol–water partition coefficient (Wildman–Crippen LogP) is 6.45. The summed E-state index contributed by atoms with van der Waals surface area (Å²) in [4.78, 5) is 0. The van der Waals surface area contributed by atoms with Crippen molar-refractivity contribution >= 4 is 23.6 Å². The van der Waals surface area contributed by atoms with Crippen molar-refractivity contribution in [2.24, 2.45) is 0 Å². The first kappa shape index (κ1) is 22.5. The second-order valence-corrected chi connectivity index (χ2v) is 14.2.